The lowest BCUT2D eigenvalue weighted by molar-refractivity contribution is -0.142. The smallest absolute Gasteiger partial charge is 0.306 e. The van der Waals surface area contributed by atoms with Gasteiger partial charge in [-0.1, -0.05) is 17.7 Å². The lowest BCUT2D eigenvalue weighted by atomic mass is 9.87. The highest BCUT2D eigenvalue weighted by Gasteiger charge is 2.29. The molecule has 3 rings (SSSR count). The van der Waals surface area contributed by atoms with Crippen molar-refractivity contribution < 1.29 is 18.3 Å². The van der Waals surface area contributed by atoms with E-state index < -0.39 is 21.9 Å². The third-order valence-corrected chi connectivity index (χ3v) is 6.59. The number of benzene rings is 1. The van der Waals surface area contributed by atoms with Crippen LogP contribution in [0.3, 0.4) is 0 Å². The molecule has 28 heavy (non-hydrogen) atoms. The Hall–Kier alpha value is -2.43. The Morgan fingerprint density at radius 1 is 1.25 bits per heavy atom. The van der Waals surface area contributed by atoms with Gasteiger partial charge in [0.25, 0.3) is 0 Å². The summed E-state index contributed by atoms with van der Waals surface area (Å²) in [5.41, 5.74) is 5.36. The van der Waals surface area contributed by atoms with Crippen LogP contribution in [0.5, 0.6) is 0 Å². The van der Waals surface area contributed by atoms with Gasteiger partial charge in [-0.05, 0) is 37.8 Å². The van der Waals surface area contributed by atoms with E-state index in [0.717, 1.165) is 0 Å². The largest absolute Gasteiger partial charge is 0.481 e. The van der Waals surface area contributed by atoms with Crippen LogP contribution in [0.15, 0.2) is 29.3 Å². The molecular weight excluding hydrogens is 406 g/mol. The van der Waals surface area contributed by atoms with Crippen LogP contribution in [0.1, 0.15) is 25.7 Å². The number of rotatable bonds is 5. The third kappa shape index (κ3) is 4.34. The number of aliphatic carboxylic acids is 1. The molecule has 0 spiro atoms. The molecule has 0 aliphatic heterocycles. The summed E-state index contributed by atoms with van der Waals surface area (Å²) < 4.78 is 28.3. The molecule has 1 saturated carbocycles. The van der Waals surface area contributed by atoms with Gasteiger partial charge in [-0.15, -0.1) is 0 Å². The number of sulfonamides is 1. The Morgan fingerprint density at radius 3 is 2.54 bits per heavy atom. The number of anilines is 1. The monoisotopic (exact) mass is 425 g/mol. The maximum atomic E-state index is 12.8. The van der Waals surface area contributed by atoms with Crippen LogP contribution in [-0.2, 0) is 14.8 Å². The second-order valence-electron chi connectivity index (χ2n) is 6.71. The number of nitrogens with one attached hydrogen (secondary N) is 3. The molecule has 0 atom stereocenters. The SMILES string of the molecule is N=C(N)Nc1ncc(Cl)c2ccc(S(=O)(=O)N[C@H]3CC[C@@H](C(=O)O)CC3)cc12. The van der Waals surface area contributed by atoms with Crippen LogP contribution < -0.4 is 15.8 Å². The molecule has 9 nitrogen and oxygen atoms in total. The number of nitrogens with zero attached hydrogens (tertiary/aromatic N) is 1. The molecule has 2 aromatic rings. The molecule has 6 N–H and O–H groups in total. The zero-order valence-electron chi connectivity index (χ0n) is 14.8. The Kier molecular flexibility index (Phi) is 5.73. The first-order valence-electron chi connectivity index (χ1n) is 8.62. The molecule has 0 amide bonds. The highest BCUT2D eigenvalue weighted by molar-refractivity contribution is 7.89. The summed E-state index contributed by atoms with van der Waals surface area (Å²) in [6.07, 6.45) is 3.20. The third-order valence-electron chi connectivity index (χ3n) is 4.77. The standard InChI is InChI=1S/C17H20ClN5O4S/c18-14-8-21-15(22-17(19)20)13-7-11(5-6-12(13)14)28(26,27)23-10-3-1-9(2-4-10)16(24)25/h5-10,23H,1-4H2,(H,24,25)(H4,19,20,21,22)/t9-,10+. The van der Waals surface area contributed by atoms with E-state index in [9.17, 15) is 13.2 Å². The average molecular weight is 426 g/mol. The maximum absolute atomic E-state index is 12.8. The van der Waals surface area contributed by atoms with E-state index in [-0.39, 0.29) is 22.7 Å². The Balaban J connectivity index is 1.87. The van der Waals surface area contributed by atoms with Crippen LogP contribution in [-0.4, -0.2) is 36.5 Å². The average Bonchev–Trinajstić information content (AvgIpc) is 2.63. The molecular formula is C17H20ClN5O4S. The van der Waals surface area contributed by atoms with Crippen molar-refractivity contribution in [3.05, 3.63) is 29.4 Å². The van der Waals surface area contributed by atoms with E-state index in [1.807, 2.05) is 0 Å². The number of carboxylic acid groups (broad SMARTS) is 1. The minimum Gasteiger partial charge on any atom is -0.481 e. The van der Waals surface area contributed by atoms with Crippen molar-refractivity contribution in [2.45, 2.75) is 36.6 Å². The first-order valence-corrected chi connectivity index (χ1v) is 10.5. The predicted octanol–water partition coefficient (Wildman–Crippen LogP) is 2.12. The first-order chi connectivity index (χ1) is 13.2. The van der Waals surface area contributed by atoms with Gasteiger partial charge >= 0.3 is 5.97 Å². The number of hydrogen-bond acceptors (Lipinski definition) is 5. The number of carboxylic acids is 1. The summed E-state index contributed by atoms with van der Waals surface area (Å²) in [5, 5.41) is 20.3. The van der Waals surface area contributed by atoms with Crippen molar-refractivity contribution >= 4 is 50.1 Å². The van der Waals surface area contributed by atoms with Crippen LogP contribution in [0, 0.1) is 11.3 Å². The number of fused-ring (bicyclic) bond motifs is 1. The van der Waals surface area contributed by atoms with Gasteiger partial charge in [-0.25, -0.2) is 18.1 Å². The van der Waals surface area contributed by atoms with Crippen molar-refractivity contribution in [2.75, 3.05) is 5.32 Å². The summed E-state index contributed by atoms with van der Waals surface area (Å²) in [7, 11) is -3.83. The quantitative estimate of drug-likeness (QED) is 0.362. The summed E-state index contributed by atoms with van der Waals surface area (Å²) in [6, 6.07) is 4.12. The van der Waals surface area contributed by atoms with Gasteiger partial charge in [0.2, 0.25) is 10.0 Å². The molecule has 1 fully saturated rings. The van der Waals surface area contributed by atoms with E-state index in [0.29, 0.717) is 41.5 Å². The second-order valence-corrected chi connectivity index (χ2v) is 8.83. The molecule has 1 aliphatic rings. The van der Waals surface area contributed by atoms with Crippen LogP contribution in [0.4, 0.5) is 5.82 Å². The molecule has 0 saturated heterocycles. The normalized spacial score (nSPS) is 20.0. The van der Waals surface area contributed by atoms with E-state index >= 15 is 0 Å². The minimum atomic E-state index is -3.83. The number of hydrogen-bond donors (Lipinski definition) is 5. The topological polar surface area (TPSA) is 158 Å². The van der Waals surface area contributed by atoms with E-state index in [1.165, 1.54) is 18.3 Å². The molecule has 0 unspecified atom stereocenters. The fourth-order valence-electron chi connectivity index (χ4n) is 3.33. The Morgan fingerprint density at radius 2 is 1.93 bits per heavy atom. The summed E-state index contributed by atoms with van der Waals surface area (Å²) >= 11 is 6.14. The van der Waals surface area contributed by atoms with Crippen molar-refractivity contribution in [2.24, 2.45) is 11.7 Å². The molecule has 1 aromatic carbocycles. The molecule has 150 valence electrons. The number of halogens is 1. The van der Waals surface area contributed by atoms with Gasteiger partial charge in [0.1, 0.15) is 5.82 Å². The van der Waals surface area contributed by atoms with Gasteiger partial charge in [0.05, 0.1) is 15.8 Å². The van der Waals surface area contributed by atoms with Gasteiger partial charge in [0.15, 0.2) is 5.96 Å². The highest BCUT2D eigenvalue weighted by Crippen LogP contribution is 2.31. The fraction of sp³-hybridized carbons (Fsp3) is 0.353. The molecule has 0 bridgehead atoms. The van der Waals surface area contributed by atoms with E-state index in [4.69, 9.17) is 27.9 Å². The first kappa shape index (κ1) is 20.3. The summed E-state index contributed by atoms with van der Waals surface area (Å²) in [6.45, 7) is 0. The summed E-state index contributed by atoms with van der Waals surface area (Å²) in [5.74, 6) is -1.37. The maximum Gasteiger partial charge on any atom is 0.306 e. The number of pyridine rings is 1. The van der Waals surface area contributed by atoms with E-state index in [2.05, 4.69) is 15.0 Å². The minimum absolute atomic E-state index is 0.0241. The van der Waals surface area contributed by atoms with Crippen LogP contribution >= 0.6 is 11.6 Å². The van der Waals surface area contributed by atoms with Gasteiger partial charge in [-0.3, -0.25) is 10.2 Å². The van der Waals surface area contributed by atoms with Gasteiger partial charge < -0.3 is 16.2 Å². The Bertz CT molecular complexity index is 1040. The number of carbonyl (C=O) groups is 1. The molecule has 11 heteroatoms. The molecule has 0 radical (unpaired) electrons. The van der Waals surface area contributed by atoms with Crippen LogP contribution in [0.2, 0.25) is 5.02 Å². The lowest BCUT2D eigenvalue weighted by Gasteiger charge is -2.26. The zero-order chi connectivity index (χ0) is 20.5. The summed E-state index contributed by atoms with van der Waals surface area (Å²) in [4.78, 5) is 15.1. The van der Waals surface area contributed by atoms with Gasteiger partial charge in [0, 0.05) is 23.0 Å². The number of nitrogens with two attached hydrogens (primary N) is 1. The van der Waals surface area contributed by atoms with Crippen molar-refractivity contribution in [3.63, 3.8) is 0 Å². The van der Waals surface area contributed by atoms with Crippen LogP contribution in [0.25, 0.3) is 10.8 Å². The zero-order valence-corrected chi connectivity index (χ0v) is 16.3. The lowest BCUT2D eigenvalue weighted by Crippen LogP contribution is -2.38. The second kappa shape index (κ2) is 7.90. The highest BCUT2D eigenvalue weighted by atomic mass is 35.5. The van der Waals surface area contributed by atoms with Crippen molar-refractivity contribution in [3.8, 4) is 0 Å². The fourth-order valence-corrected chi connectivity index (χ4v) is 4.87. The predicted molar refractivity (Wildman–Crippen MR) is 106 cm³/mol. The van der Waals surface area contributed by atoms with Crippen molar-refractivity contribution in [1.29, 1.82) is 5.41 Å². The molecule has 1 aliphatic carbocycles. The van der Waals surface area contributed by atoms with Gasteiger partial charge in [-0.2, -0.15) is 0 Å². The number of aromatic nitrogens is 1. The molecule has 1 heterocycles. The van der Waals surface area contributed by atoms with E-state index in [1.54, 1.807) is 6.07 Å². The number of guanidine groups is 1. The molecule has 1 aromatic heterocycles. The van der Waals surface area contributed by atoms with Crippen molar-refractivity contribution in [1.82, 2.24) is 9.71 Å². The Labute approximate surface area is 166 Å².